The number of rotatable bonds is 8. The summed E-state index contributed by atoms with van der Waals surface area (Å²) in [6, 6.07) is 8.01. The molecule has 1 spiro atoms. The molecule has 0 atom stereocenters. The van der Waals surface area contributed by atoms with Gasteiger partial charge in [-0.25, -0.2) is 18.1 Å². The van der Waals surface area contributed by atoms with Gasteiger partial charge >= 0.3 is 0 Å². The zero-order chi connectivity index (χ0) is 24.6. The van der Waals surface area contributed by atoms with E-state index >= 15 is 0 Å². The minimum Gasteiger partial charge on any atom is -0.395 e. The van der Waals surface area contributed by atoms with Crippen LogP contribution in [-0.2, 0) is 16.4 Å². The van der Waals surface area contributed by atoms with E-state index in [0.29, 0.717) is 40.2 Å². The lowest BCUT2D eigenvalue weighted by Gasteiger charge is -2.35. The fourth-order valence-corrected chi connectivity index (χ4v) is 5.81. The first-order valence-corrected chi connectivity index (χ1v) is 13.7. The quantitative estimate of drug-likeness (QED) is 0.485. The van der Waals surface area contributed by atoms with Crippen molar-refractivity contribution in [3.8, 4) is 0 Å². The van der Waals surface area contributed by atoms with Gasteiger partial charge in [0, 0.05) is 19.6 Å². The molecule has 5 rings (SSSR count). The Morgan fingerprint density at radius 1 is 1.14 bits per heavy atom. The van der Waals surface area contributed by atoms with Gasteiger partial charge in [-0.2, -0.15) is 0 Å². The number of aryl methyl sites for hydroxylation is 1. The summed E-state index contributed by atoms with van der Waals surface area (Å²) in [5.41, 5.74) is 2.67. The molecule has 35 heavy (non-hydrogen) atoms. The number of piperidine rings is 1. The van der Waals surface area contributed by atoms with E-state index < -0.39 is 16.4 Å². The molecule has 186 valence electrons. The third kappa shape index (κ3) is 4.74. The summed E-state index contributed by atoms with van der Waals surface area (Å²) in [4.78, 5) is 20.1. The van der Waals surface area contributed by atoms with Gasteiger partial charge in [0.25, 0.3) is 5.91 Å². The molecule has 2 fully saturated rings. The molecule has 0 radical (unpaired) electrons. The number of nitrogens with zero attached hydrogens (tertiary/aromatic N) is 5. The number of sulfone groups is 1. The lowest BCUT2D eigenvalue weighted by Crippen LogP contribution is -2.36. The number of hydrogen-bond donors (Lipinski definition) is 2. The van der Waals surface area contributed by atoms with Gasteiger partial charge in [0.05, 0.1) is 28.5 Å². The topological polar surface area (TPSA) is 130 Å². The maximum absolute atomic E-state index is 13.4. The molecule has 3 heterocycles. The van der Waals surface area contributed by atoms with Crippen LogP contribution in [0.3, 0.4) is 0 Å². The molecule has 0 bridgehead atoms. The highest BCUT2D eigenvalue weighted by Gasteiger charge is 2.44. The minimum atomic E-state index is -3.65. The predicted molar refractivity (Wildman–Crippen MR) is 132 cm³/mol. The van der Waals surface area contributed by atoms with Crippen molar-refractivity contribution in [2.45, 2.75) is 50.5 Å². The van der Waals surface area contributed by atoms with Crippen LogP contribution in [0.4, 0.5) is 11.5 Å². The highest BCUT2D eigenvalue weighted by molar-refractivity contribution is 7.91. The van der Waals surface area contributed by atoms with Crippen molar-refractivity contribution >= 4 is 38.4 Å². The number of hydrogen-bond acceptors (Lipinski definition) is 8. The number of carbonyl (C=O) groups excluding carboxylic acids is 1. The predicted octanol–water partition coefficient (Wildman–Crippen LogP) is 2.64. The normalized spacial score (nSPS) is 17.1. The van der Waals surface area contributed by atoms with Crippen LogP contribution in [0, 0.1) is 5.41 Å². The van der Waals surface area contributed by atoms with Crippen molar-refractivity contribution in [3.05, 3.63) is 35.9 Å². The summed E-state index contributed by atoms with van der Waals surface area (Å²) in [6.07, 6.45) is 5.44. The lowest BCUT2D eigenvalue weighted by atomic mass is 9.93. The number of amides is 1. The summed E-state index contributed by atoms with van der Waals surface area (Å²) >= 11 is 0. The van der Waals surface area contributed by atoms with Crippen LogP contribution in [0.15, 0.2) is 35.2 Å². The molecule has 1 saturated carbocycles. The molecule has 3 aromatic rings. The Balaban J connectivity index is 1.46. The van der Waals surface area contributed by atoms with Gasteiger partial charge < -0.3 is 15.3 Å². The van der Waals surface area contributed by atoms with Crippen molar-refractivity contribution in [2.24, 2.45) is 5.41 Å². The number of anilines is 2. The molecule has 11 heteroatoms. The second-order valence-corrected chi connectivity index (χ2v) is 11.6. The zero-order valence-corrected chi connectivity index (χ0v) is 20.6. The van der Waals surface area contributed by atoms with E-state index in [0.717, 1.165) is 32.4 Å². The van der Waals surface area contributed by atoms with Gasteiger partial charge in [-0.1, -0.05) is 12.1 Å². The maximum Gasteiger partial charge on any atom is 0.258 e. The highest BCUT2D eigenvalue weighted by Crippen LogP contribution is 2.54. The minimum absolute atomic E-state index is 0.110. The van der Waals surface area contributed by atoms with Crippen LogP contribution in [0.1, 0.15) is 49.4 Å². The Bertz CT molecular complexity index is 1360. The molecule has 2 aliphatic rings. The first-order valence-electron chi connectivity index (χ1n) is 12.1. The standard InChI is InChI=1S/C24H30N6O4S/c1-2-11-30-22-19(27-28-30)5-6-21(25-22)26-23(32)18-4-3-17(35(33,34)15-14-31)16-20(18)29-12-9-24(7-8-24)10-13-29/h3-6,16,31H,2,7-15H2,1H3,(H,25,26,32). The van der Waals surface area contributed by atoms with E-state index in [2.05, 4.69) is 25.5 Å². The van der Waals surface area contributed by atoms with Crippen molar-refractivity contribution < 1.29 is 18.3 Å². The van der Waals surface area contributed by atoms with Crippen molar-refractivity contribution in [2.75, 3.05) is 35.7 Å². The van der Waals surface area contributed by atoms with Gasteiger partial charge in [0.15, 0.2) is 15.5 Å². The zero-order valence-electron chi connectivity index (χ0n) is 19.8. The molecule has 2 N–H and O–H groups in total. The number of fused-ring (bicyclic) bond motifs is 1. The number of pyridine rings is 1. The average Bonchev–Trinajstić information content (AvgIpc) is 3.49. The Hall–Kier alpha value is -3.05. The largest absolute Gasteiger partial charge is 0.395 e. The van der Waals surface area contributed by atoms with Gasteiger partial charge in [0.1, 0.15) is 11.3 Å². The summed E-state index contributed by atoms with van der Waals surface area (Å²) in [5, 5.41) is 20.3. The SMILES string of the molecule is CCCn1nnc2ccc(NC(=O)c3ccc(S(=O)(=O)CCO)cc3N3CCC4(CC3)CC4)nc21. The van der Waals surface area contributed by atoms with E-state index in [-0.39, 0.29) is 16.6 Å². The van der Waals surface area contributed by atoms with Gasteiger partial charge in [-0.15, -0.1) is 5.10 Å². The van der Waals surface area contributed by atoms with Crippen LogP contribution in [0.5, 0.6) is 0 Å². The maximum atomic E-state index is 13.4. The number of aliphatic hydroxyl groups excluding tert-OH is 1. The van der Waals surface area contributed by atoms with Gasteiger partial charge in [-0.05, 0) is 67.9 Å². The monoisotopic (exact) mass is 498 g/mol. The summed E-state index contributed by atoms with van der Waals surface area (Å²) < 4.78 is 27.0. The molecular formula is C24H30N6O4S. The number of aliphatic hydroxyl groups is 1. The molecule has 2 aromatic heterocycles. The third-order valence-electron chi connectivity index (χ3n) is 7.09. The first kappa shape index (κ1) is 23.7. The van der Waals surface area contributed by atoms with Crippen molar-refractivity contribution in [3.63, 3.8) is 0 Å². The van der Waals surface area contributed by atoms with Gasteiger partial charge in [-0.3, -0.25) is 4.79 Å². The van der Waals surface area contributed by atoms with E-state index in [9.17, 15) is 18.3 Å². The fraction of sp³-hybridized carbons (Fsp3) is 0.500. The molecule has 10 nitrogen and oxygen atoms in total. The smallest absolute Gasteiger partial charge is 0.258 e. The molecule has 0 unspecified atom stereocenters. The van der Waals surface area contributed by atoms with Gasteiger partial charge in [0.2, 0.25) is 0 Å². The summed E-state index contributed by atoms with van der Waals surface area (Å²) in [7, 11) is -3.65. The number of nitrogens with one attached hydrogen (secondary N) is 1. The lowest BCUT2D eigenvalue weighted by molar-refractivity contribution is 0.102. The van der Waals surface area contributed by atoms with Crippen LogP contribution in [-0.4, -0.2) is 64.9 Å². The van der Waals surface area contributed by atoms with Crippen LogP contribution < -0.4 is 10.2 Å². The average molecular weight is 499 g/mol. The van der Waals surface area contributed by atoms with Crippen LogP contribution in [0.2, 0.25) is 0 Å². The van der Waals surface area contributed by atoms with E-state index in [4.69, 9.17) is 0 Å². The van der Waals surface area contributed by atoms with Crippen molar-refractivity contribution in [1.29, 1.82) is 0 Å². The molecule has 1 aliphatic heterocycles. The molecule has 1 amide bonds. The van der Waals surface area contributed by atoms with E-state index in [1.807, 2.05) is 6.92 Å². The molecule has 1 aliphatic carbocycles. The molecule has 1 aromatic carbocycles. The second kappa shape index (κ2) is 9.19. The molecule has 1 saturated heterocycles. The van der Waals surface area contributed by atoms with Crippen molar-refractivity contribution in [1.82, 2.24) is 20.0 Å². The Kier molecular flexibility index (Phi) is 6.22. The number of carbonyl (C=O) groups is 1. The second-order valence-electron chi connectivity index (χ2n) is 9.51. The number of aromatic nitrogens is 4. The third-order valence-corrected chi connectivity index (χ3v) is 8.78. The number of benzene rings is 1. The highest BCUT2D eigenvalue weighted by atomic mass is 32.2. The fourth-order valence-electron chi connectivity index (χ4n) is 4.76. The summed E-state index contributed by atoms with van der Waals surface area (Å²) in [5.74, 6) is -0.343. The van der Waals surface area contributed by atoms with Crippen LogP contribution >= 0.6 is 0 Å². The summed E-state index contributed by atoms with van der Waals surface area (Å²) in [6.45, 7) is 3.80. The van der Waals surface area contributed by atoms with E-state index in [1.165, 1.54) is 18.9 Å². The first-order chi connectivity index (χ1) is 16.8. The van der Waals surface area contributed by atoms with E-state index in [1.54, 1.807) is 28.9 Å². The Morgan fingerprint density at radius 2 is 1.91 bits per heavy atom. The Morgan fingerprint density at radius 3 is 2.60 bits per heavy atom. The Labute approximate surface area is 204 Å². The van der Waals surface area contributed by atoms with Crippen LogP contribution in [0.25, 0.3) is 11.2 Å². The molecular weight excluding hydrogens is 468 g/mol.